The molecule has 7 heteroatoms. The summed E-state index contributed by atoms with van der Waals surface area (Å²) in [6, 6.07) is 5.11. The van der Waals surface area contributed by atoms with E-state index in [1.807, 2.05) is 23.1 Å². The number of piperidine rings is 1. The van der Waals surface area contributed by atoms with Crippen LogP contribution in [0.2, 0.25) is 5.02 Å². The predicted octanol–water partition coefficient (Wildman–Crippen LogP) is 0.804. The fraction of sp³-hybridized carbons (Fsp3) is 0.471. The van der Waals surface area contributed by atoms with Crippen LogP contribution in [0.25, 0.3) is 10.9 Å². The molecule has 1 aliphatic heterocycles. The van der Waals surface area contributed by atoms with Gasteiger partial charge < -0.3 is 20.7 Å². The molecule has 0 bridgehead atoms. The molecule has 0 saturated carbocycles. The molecule has 1 aromatic carbocycles. The maximum Gasteiger partial charge on any atom is 0.119 e. The molecule has 0 amide bonds. The van der Waals surface area contributed by atoms with E-state index in [4.69, 9.17) is 22.1 Å². The van der Waals surface area contributed by atoms with Crippen LogP contribution in [0, 0.1) is 0 Å². The lowest BCUT2D eigenvalue weighted by Gasteiger charge is -2.37. The first-order valence-electron chi connectivity index (χ1n) is 7.95. The molecular weight excluding hydrogens is 330 g/mol. The second kappa shape index (κ2) is 7.21. The lowest BCUT2D eigenvalue weighted by atomic mass is 9.99. The van der Waals surface area contributed by atoms with E-state index in [0.29, 0.717) is 31.1 Å². The van der Waals surface area contributed by atoms with E-state index < -0.39 is 18.2 Å². The van der Waals surface area contributed by atoms with Gasteiger partial charge in [-0.3, -0.25) is 9.88 Å². The van der Waals surface area contributed by atoms with Gasteiger partial charge in [-0.25, -0.2) is 0 Å². The van der Waals surface area contributed by atoms with E-state index in [2.05, 4.69) is 4.98 Å². The monoisotopic (exact) mass is 351 g/mol. The molecule has 1 aromatic heterocycles. The summed E-state index contributed by atoms with van der Waals surface area (Å²) >= 11 is 6.36. The van der Waals surface area contributed by atoms with Crippen LogP contribution in [0.5, 0.6) is 5.75 Å². The van der Waals surface area contributed by atoms with Crippen molar-refractivity contribution in [3.8, 4) is 5.75 Å². The third kappa shape index (κ3) is 3.48. The molecule has 3 atom stereocenters. The van der Waals surface area contributed by atoms with Crippen molar-refractivity contribution < 1.29 is 14.9 Å². The minimum atomic E-state index is -0.724. The number of halogens is 1. The molecule has 24 heavy (non-hydrogen) atoms. The maximum absolute atomic E-state index is 9.93. The first kappa shape index (κ1) is 17.4. The van der Waals surface area contributed by atoms with Gasteiger partial charge >= 0.3 is 0 Å². The topological polar surface area (TPSA) is 91.8 Å². The number of nitrogens with zero attached hydrogens (tertiary/aromatic N) is 2. The molecule has 0 aliphatic carbocycles. The summed E-state index contributed by atoms with van der Waals surface area (Å²) in [7, 11) is 1.62. The standard InChI is InChI=1S/C17H22ClN3O3/c1-24-10-2-3-14-12(6-10)11(13(18)7-20-14)4-5-21-8-15(22)17(19)16(23)9-21/h2-3,6-7,15-17,22-23H,4-5,8-9,19H2,1H3/t15-,16+,17?. The summed E-state index contributed by atoms with van der Waals surface area (Å²) in [5.41, 5.74) is 7.59. The van der Waals surface area contributed by atoms with Gasteiger partial charge in [0.1, 0.15) is 5.75 Å². The SMILES string of the molecule is COc1ccc2ncc(Cl)c(CCN3C[C@@H](O)C(N)[C@@H](O)C3)c2c1. The van der Waals surface area contributed by atoms with Gasteiger partial charge in [0.25, 0.3) is 0 Å². The molecule has 2 aromatic rings. The van der Waals surface area contributed by atoms with Crippen LogP contribution in [0.3, 0.4) is 0 Å². The van der Waals surface area contributed by atoms with Crippen LogP contribution in [0.15, 0.2) is 24.4 Å². The van der Waals surface area contributed by atoms with Crippen molar-refractivity contribution in [3.05, 3.63) is 35.0 Å². The predicted molar refractivity (Wildman–Crippen MR) is 93.4 cm³/mol. The van der Waals surface area contributed by atoms with Crippen molar-refractivity contribution in [1.82, 2.24) is 9.88 Å². The van der Waals surface area contributed by atoms with Crippen LogP contribution in [-0.2, 0) is 6.42 Å². The average Bonchev–Trinajstić information content (AvgIpc) is 2.58. The van der Waals surface area contributed by atoms with Crippen LogP contribution >= 0.6 is 11.6 Å². The smallest absolute Gasteiger partial charge is 0.119 e. The largest absolute Gasteiger partial charge is 0.497 e. The summed E-state index contributed by atoms with van der Waals surface area (Å²) in [6.07, 6.45) is 0.887. The number of nitrogens with two attached hydrogens (primary N) is 1. The zero-order valence-corrected chi connectivity index (χ0v) is 14.3. The highest BCUT2D eigenvalue weighted by Gasteiger charge is 2.31. The van der Waals surface area contributed by atoms with Crippen LogP contribution < -0.4 is 10.5 Å². The van der Waals surface area contributed by atoms with Crippen LogP contribution in [0.1, 0.15) is 5.56 Å². The van der Waals surface area contributed by atoms with Gasteiger partial charge in [0.15, 0.2) is 0 Å². The molecule has 0 radical (unpaired) electrons. The highest BCUT2D eigenvalue weighted by Crippen LogP contribution is 2.28. The van der Waals surface area contributed by atoms with Crippen molar-refractivity contribution in [2.24, 2.45) is 5.73 Å². The summed E-state index contributed by atoms with van der Waals surface area (Å²) in [5, 5.41) is 21.4. The van der Waals surface area contributed by atoms with E-state index >= 15 is 0 Å². The minimum absolute atomic E-state index is 0.447. The summed E-state index contributed by atoms with van der Waals surface area (Å²) < 4.78 is 5.29. The Bertz CT molecular complexity index is 716. The fourth-order valence-electron chi connectivity index (χ4n) is 3.14. The van der Waals surface area contributed by atoms with Crippen molar-refractivity contribution in [3.63, 3.8) is 0 Å². The van der Waals surface area contributed by atoms with Crippen molar-refractivity contribution in [1.29, 1.82) is 0 Å². The zero-order valence-electron chi connectivity index (χ0n) is 13.5. The zero-order chi connectivity index (χ0) is 17.3. The molecule has 1 aliphatic rings. The second-order valence-corrected chi connectivity index (χ2v) is 6.60. The fourth-order valence-corrected chi connectivity index (χ4v) is 3.38. The van der Waals surface area contributed by atoms with E-state index in [1.165, 1.54) is 0 Å². The number of likely N-dealkylation sites (tertiary alicyclic amines) is 1. The Kier molecular flexibility index (Phi) is 5.22. The van der Waals surface area contributed by atoms with E-state index in [1.54, 1.807) is 13.3 Å². The average molecular weight is 352 g/mol. The van der Waals surface area contributed by atoms with Gasteiger partial charge in [0.05, 0.1) is 35.9 Å². The Morgan fingerprint density at radius 2 is 2.04 bits per heavy atom. The van der Waals surface area contributed by atoms with Crippen LogP contribution in [-0.4, -0.2) is 65.1 Å². The summed E-state index contributed by atoms with van der Waals surface area (Å²) in [5.74, 6) is 0.752. The first-order chi connectivity index (χ1) is 11.5. The number of aliphatic hydroxyl groups is 2. The maximum atomic E-state index is 9.93. The molecule has 2 heterocycles. The number of β-amino-alcohol motifs (C(OH)–C–C–N with tert-alkyl or cyclic N) is 2. The molecule has 1 unspecified atom stereocenters. The normalized spacial score (nSPS) is 25.1. The lowest BCUT2D eigenvalue weighted by Crippen LogP contribution is -2.59. The number of aromatic nitrogens is 1. The number of methoxy groups -OCH3 is 1. The molecular formula is C17H22ClN3O3. The number of ether oxygens (including phenoxy) is 1. The molecule has 0 spiro atoms. The third-order valence-corrected chi connectivity index (χ3v) is 4.92. The number of rotatable bonds is 4. The quantitative estimate of drug-likeness (QED) is 0.755. The minimum Gasteiger partial charge on any atom is -0.497 e. The van der Waals surface area contributed by atoms with E-state index in [9.17, 15) is 10.2 Å². The van der Waals surface area contributed by atoms with Gasteiger partial charge in [-0.2, -0.15) is 0 Å². The van der Waals surface area contributed by atoms with Gasteiger partial charge in [-0.05, 0) is 30.2 Å². The second-order valence-electron chi connectivity index (χ2n) is 6.19. The first-order valence-corrected chi connectivity index (χ1v) is 8.32. The lowest BCUT2D eigenvalue weighted by molar-refractivity contribution is -0.0257. The Hall–Kier alpha value is -1.44. The van der Waals surface area contributed by atoms with Gasteiger partial charge in [0, 0.05) is 31.2 Å². The Morgan fingerprint density at radius 3 is 2.71 bits per heavy atom. The number of pyridine rings is 1. The van der Waals surface area contributed by atoms with Gasteiger partial charge in [-0.15, -0.1) is 0 Å². The van der Waals surface area contributed by atoms with Gasteiger partial charge in [0.2, 0.25) is 0 Å². The third-order valence-electron chi connectivity index (χ3n) is 4.59. The highest BCUT2D eigenvalue weighted by molar-refractivity contribution is 6.32. The van der Waals surface area contributed by atoms with E-state index in [-0.39, 0.29) is 0 Å². The molecule has 3 rings (SSSR count). The van der Waals surface area contributed by atoms with Crippen LogP contribution in [0.4, 0.5) is 0 Å². The number of hydrogen-bond donors (Lipinski definition) is 3. The Balaban J connectivity index is 1.81. The van der Waals surface area contributed by atoms with E-state index in [0.717, 1.165) is 22.2 Å². The molecule has 4 N–H and O–H groups in total. The molecule has 6 nitrogen and oxygen atoms in total. The summed E-state index contributed by atoms with van der Waals surface area (Å²) in [6.45, 7) is 1.56. The molecule has 1 saturated heterocycles. The molecule has 1 fully saturated rings. The Labute approximate surface area is 145 Å². The number of benzene rings is 1. The van der Waals surface area contributed by atoms with Crippen molar-refractivity contribution in [2.75, 3.05) is 26.7 Å². The number of hydrogen-bond acceptors (Lipinski definition) is 6. The van der Waals surface area contributed by atoms with Gasteiger partial charge in [-0.1, -0.05) is 11.6 Å². The van der Waals surface area contributed by atoms with Crippen molar-refractivity contribution in [2.45, 2.75) is 24.7 Å². The summed E-state index contributed by atoms with van der Waals surface area (Å²) in [4.78, 5) is 6.35. The van der Waals surface area contributed by atoms with Crippen molar-refractivity contribution >= 4 is 22.5 Å². The highest BCUT2D eigenvalue weighted by atomic mass is 35.5. The Morgan fingerprint density at radius 1 is 1.33 bits per heavy atom. The molecule has 130 valence electrons. The number of fused-ring (bicyclic) bond motifs is 1. The number of aliphatic hydroxyl groups excluding tert-OH is 2.